The number of rotatable bonds is 4. The van der Waals surface area contributed by atoms with E-state index in [0.29, 0.717) is 0 Å². The van der Waals surface area contributed by atoms with Gasteiger partial charge in [0.2, 0.25) is 0 Å². The Balaban J connectivity index is 2.11. The quantitative estimate of drug-likeness (QED) is 0.559. The number of hydrogen-bond donors (Lipinski definition) is 0. The van der Waals surface area contributed by atoms with Crippen LogP contribution in [0.2, 0.25) is 0 Å². The van der Waals surface area contributed by atoms with Crippen LogP contribution in [-0.4, -0.2) is 0 Å². The van der Waals surface area contributed by atoms with E-state index in [4.69, 9.17) is 0 Å². The first-order valence-electron chi connectivity index (χ1n) is 4.66. The van der Waals surface area contributed by atoms with Crippen LogP contribution in [0.25, 0.3) is 0 Å². The Kier molecular flexibility index (Phi) is 2.38. The van der Waals surface area contributed by atoms with Gasteiger partial charge in [0.1, 0.15) is 0 Å². The largest absolute Gasteiger partial charge is 0.0654 e. The van der Waals surface area contributed by atoms with Crippen molar-refractivity contribution < 1.29 is 0 Å². The first-order chi connectivity index (χ1) is 4.66. The van der Waals surface area contributed by atoms with Crippen LogP contribution in [0.1, 0.15) is 52.9 Å². The fraction of sp³-hybridized carbons (Fsp3) is 1.00. The summed E-state index contributed by atoms with van der Waals surface area (Å²) in [4.78, 5) is 0. The summed E-state index contributed by atoms with van der Waals surface area (Å²) in [5, 5.41) is 0. The molecule has 0 heterocycles. The lowest BCUT2D eigenvalue weighted by Crippen LogP contribution is -2.02. The van der Waals surface area contributed by atoms with Crippen LogP contribution in [0.3, 0.4) is 0 Å². The maximum Gasteiger partial charge on any atom is -0.0323 e. The number of hydrogen-bond acceptors (Lipinski definition) is 0. The molecule has 0 spiro atoms. The van der Waals surface area contributed by atoms with E-state index in [2.05, 4.69) is 20.8 Å². The molecule has 0 aliphatic heterocycles. The monoisotopic (exact) mass is 140 g/mol. The molecule has 1 rings (SSSR count). The summed E-state index contributed by atoms with van der Waals surface area (Å²) >= 11 is 0. The minimum atomic E-state index is 0.772. The van der Waals surface area contributed by atoms with Gasteiger partial charge in [-0.1, -0.05) is 33.6 Å². The lowest BCUT2D eigenvalue weighted by molar-refractivity contribution is 0.377. The van der Waals surface area contributed by atoms with Crippen molar-refractivity contribution in [3.05, 3.63) is 0 Å². The van der Waals surface area contributed by atoms with Crippen LogP contribution in [0, 0.1) is 11.3 Å². The highest BCUT2D eigenvalue weighted by Gasteiger charge is 2.37. The molecular formula is C10H20. The molecule has 1 aliphatic carbocycles. The second kappa shape index (κ2) is 2.94. The second-order valence-electron chi connectivity index (χ2n) is 4.41. The van der Waals surface area contributed by atoms with E-state index in [9.17, 15) is 0 Å². The highest BCUT2D eigenvalue weighted by molar-refractivity contribution is 4.89. The van der Waals surface area contributed by atoms with Gasteiger partial charge in [0.25, 0.3) is 0 Å². The van der Waals surface area contributed by atoms with Crippen molar-refractivity contribution in [1.82, 2.24) is 0 Å². The first-order valence-corrected chi connectivity index (χ1v) is 4.66. The average molecular weight is 140 g/mol. The summed E-state index contributed by atoms with van der Waals surface area (Å²) in [6, 6.07) is 0. The zero-order chi connectivity index (χ0) is 7.61. The van der Waals surface area contributed by atoms with Crippen molar-refractivity contribution in [2.75, 3.05) is 0 Å². The lowest BCUT2D eigenvalue weighted by Gasteiger charge is -2.14. The molecule has 1 fully saturated rings. The molecule has 0 aromatic rings. The molecule has 1 atom stereocenters. The van der Waals surface area contributed by atoms with Gasteiger partial charge in [0.15, 0.2) is 0 Å². The van der Waals surface area contributed by atoms with Gasteiger partial charge in [-0.25, -0.2) is 0 Å². The van der Waals surface area contributed by atoms with Gasteiger partial charge in [-0.3, -0.25) is 0 Å². The topological polar surface area (TPSA) is 0 Å². The fourth-order valence-electron chi connectivity index (χ4n) is 1.85. The maximum atomic E-state index is 2.43. The zero-order valence-electron chi connectivity index (χ0n) is 7.61. The van der Waals surface area contributed by atoms with Crippen molar-refractivity contribution >= 4 is 0 Å². The van der Waals surface area contributed by atoms with Crippen LogP contribution >= 0.6 is 0 Å². The molecule has 60 valence electrons. The highest BCUT2D eigenvalue weighted by Crippen LogP contribution is 2.50. The summed E-state index contributed by atoms with van der Waals surface area (Å²) < 4.78 is 0. The Morgan fingerprint density at radius 1 is 1.40 bits per heavy atom. The van der Waals surface area contributed by atoms with Crippen molar-refractivity contribution in [3.8, 4) is 0 Å². The molecule has 0 N–H and O–H groups in total. The molecule has 0 saturated heterocycles. The Morgan fingerprint density at radius 2 is 2.00 bits per heavy atom. The standard InChI is InChI=1S/C10H20/c1-4-5-9(2)8-10(3)6-7-10/h9H,4-8H2,1-3H3. The predicted molar refractivity (Wildman–Crippen MR) is 46.0 cm³/mol. The van der Waals surface area contributed by atoms with Crippen molar-refractivity contribution in [1.29, 1.82) is 0 Å². The summed E-state index contributed by atoms with van der Waals surface area (Å²) in [7, 11) is 0. The minimum absolute atomic E-state index is 0.772. The van der Waals surface area contributed by atoms with Crippen LogP contribution in [0.4, 0.5) is 0 Å². The van der Waals surface area contributed by atoms with Crippen molar-refractivity contribution in [2.45, 2.75) is 52.9 Å². The van der Waals surface area contributed by atoms with Crippen LogP contribution in [-0.2, 0) is 0 Å². The van der Waals surface area contributed by atoms with Crippen LogP contribution in [0.5, 0.6) is 0 Å². The third kappa shape index (κ3) is 2.32. The Hall–Kier alpha value is 0. The normalized spacial score (nSPS) is 24.3. The van der Waals surface area contributed by atoms with Gasteiger partial charge < -0.3 is 0 Å². The zero-order valence-corrected chi connectivity index (χ0v) is 7.61. The van der Waals surface area contributed by atoms with E-state index in [1.165, 1.54) is 32.1 Å². The molecule has 10 heavy (non-hydrogen) atoms. The van der Waals surface area contributed by atoms with E-state index in [0.717, 1.165) is 11.3 Å². The van der Waals surface area contributed by atoms with Crippen LogP contribution < -0.4 is 0 Å². The molecule has 0 radical (unpaired) electrons. The molecule has 0 bridgehead atoms. The molecule has 1 saturated carbocycles. The highest BCUT2D eigenvalue weighted by atomic mass is 14.4. The molecule has 0 heteroatoms. The smallest absolute Gasteiger partial charge is 0.0323 e. The molecule has 0 nitrogen and oxygen atoms in total. The van der Waals surface area contributed by atoms with Gasteiger partial charge in [-0.15, -0.1) is 0 Å². The lowest BCUT2D eigenvalue weighted by atomic mass is 9.92. The Bertz CT molecular complexity index is 101. The van der Waals surface area contributed by atoms with E-state index in [-0.39, 0.29) is 0 Å². The molecule has 0 amide bonds. The minimum Gasteiger partial charge on any atom is -0.0654 e. The molecule has 1 aliphatic rings. The Morgan fingerprint density at radius 3 is 2.40 bits per heavy atom. The Labute approximate surface area is 65.0 Å². The van der Waals surface area contributed by atoms with E-state index in [1.54, 1.807) is 0 Å². The van der Waals surface area contributed by atoms with E-state index >= 15 is 0 Å². The summed E-state index contributed by atoms with van der Waals surface area (Å²) in [5.41, 5.74) is 0.772. The average Bonchev–Trinajstić information content (AvgIpc) is 2.48. The van der Waals surface area contributed by atoms with Gasteiger partial charge >= 0.3 is 0 Å². The molecule has 0 aromatic carbocycles. The van der Waals surface area contributed by atoms with Crippen molar-refractivity contribution in [2.24, 2.45) is 11.3 Å². The summed E-state index contributed by atoms with van der Waals surface area (Å²) in [5.74, 6) is 0.970. The summed E-state index contributed by atoms with van der Waals surface area (Å²) in [6.45, 7) is 7.11. The second-order valence-corrected chi connectivity index (χ2v) is 4.41. The summed E-state index contributed by atoms with van der Waals surface area (Å²) in [6.07, 6.45) is 7.23. The van der Waals surface area contributed by atoms with Gasteiger partial charge in [-0.2, -0.15) is 0 Å². The molecule has 1 unspecified atom stereocenters. The SMILES string of the molecule is CCCC(C)CC1(C)CC1. The van der Waals surface area contributed by atoms with Crippen LogP contribution in [0.15, 0.2) is 0 Å². The third-order valence-corrected chi connectivity index (χ3v) is 2.73. The molecular weight excluding hydrogens is 120 g/mol. The van der Waals surface area contributed by atoms with Crippen molar-refractivity contribution in [3.63, 3.8) is 0 Å². The molecule has 0 aromatic heterocycles. The van der Waals surface area contributed by atoms with Gasteiger partial charge in [-0.05, 0) is 30.6 Å². The predicted octanol–water partition coefficient (Wildman–Crippen LogP) is 3.61. The van der Waals surface area contributed by atoms with E-state index < -0.39 is 0 Å². The van der Waals surface area contributed by atoms with E-state index in [1.807, 2.05) is 0 Å². The van der Waals surface area contributed by atoms with Gasteiger partial charge in [0, 0.05) is 0 Å². The maximum absolute atomic E-state index is 2.43. The van der Waals surface area contributed by atoms with Gasteiger partial charge in [0.05, 0.1) is 0 Å². The fourth-order valence-corrected chi connectivity index (χ4v) is 1.85. The first kappa shape index (κ1) is 8.10. The third-order valence-electron chi connectivity index (χ3n) is 2.73.